The molecule has 0 spiro atoms. The molecule has 3 aromatic rings. The largest absolute Gasteiger partial charge is 0.334 e. The first kappa shape index (κ1) is 14.4. The van der Waals surface area contributed by atoms with Crippen LogP contribution in [0.3, 0.4) is 0 Å². The molecule has 0 saturated heterocycles. The molecule has 2 heterocycles. The molecule has 3 rings (SSSR count). The standard InChI is InChI=1S/C14H9Cl2N3OS/c15-10-3-1-9(2-4-10)14-18-12(19-20-14)8-21-13-6-5-11(16)7-17-13/h1-7H,8H2. The van der Waals surface area contributed by atoms with Gasteiger partial charge in [-0.2, -0.15) is 4.98 Å². The van der Waals surface area contributed by atoms with E-state index < -0.39 is 0 Å². The van der Waals surface area contributed by atoms with E-state index in [-0.39, 0.29) is 0 Å². The Bertz CT molecular complexity index is 729. The van der Waals surface area contributed by atoms with Crippen molar-refractivity contribution in [2.45, 2.75) is 10.8 Å². The lowest BCUT2D eigenvalue weighted by Crippen LogP contribution is -1.86. The number of thioether (sulfide) groups is 1. The first-order valence-electron chi connectivity index (χ1n) is 6.03. The highest BCUT2D eigenvalue weighted by atomic mass is 35.5. The molecule has 0 unspecified atom stereocenters. The highest BCUT2D eigenvalue weighted by Gasteiger charge is 2.09. The molecule has 7 heteroatoms. The molecule has 0 amide bonds. The van der Waals surface area contributed by atoms with Gasteiger partial charge in [-0.15, -0.1) is 0 Å². The van der Waals surface area contributed by atoms with E-state index in [1.165, 1.54) is 11.8 Å². The van der Waals surface area contributed by atoms with Crippen molar-refractivity contribution in [2.24, 2.45) is 0 Å². The van der Waals surface area contributed by atoms with Crippen LogP contribution in [0.2, 0.25) is 10.0 Å². The molecular weight excluding hydrogens is 329 g/mol. The first-order chi connectivity index (χ1) is 10.2. The van der Waals surface area contributed by atoms with Crippen molar-refractivity contribution in [1.29, 1.82) is 0 Å². The van der Waals surface area contributed by atoms with Gasteiger partial charge in [-0.25, -0.2) is 4.98 Å². The van der Waals surface area contributed by atoms with Crippen LogP contribution in [0.15, 0.2) is 52.1 Å². The molecule has 0 radical (unpaired) electrons. The van der Waals surface area contributed by atoms with E-state index in [1.54, 1.807) is 24.4 Å². The van der Waals surface area contributed by atoms with Crippen LogP contribution < -0.4 is 0 Å². The first-order valence-corrected chi connectivity index (χ1v) is 7.78. The SMILES string of the molecule is Clc1ccc(-c2nc(CSc3ccc(Cl)cn3)no2)cc1. The normalized spacial score (nSPS) is 10.8. The molecule has 0 saturated carbocycles. The third kappa shape index (κ3) is 3.75. The number of rotatable bonds is 4. The van der Waals surface area contributed by atoms with Crippen LogP contribution in [0.4, 0.5) is 0 Å². The van der Waals surface area contributed by atoms with Gasteiger partial charge in [-0.1, -0.05) is 40.1 Å². The van der Waals surface area contributed by atoms with Crippen LogP contribution in [0, 0.1) is 0 Å². The van der Waals surface area contributed by atoms with Crippen molar-refractivity contribution < 1.29 is 4.52 Å². The average molecular weight is 338 g/mol. The molecule has 0 N–H and O–H groups in total. The van der Waals surface area contributed by atoms with E-state index in [0.717, 1.165) is 10.6 Å². The molecule has 0 aliphatic rings. The summed E-state index contributed by atoms with van der Waals surface area (Å²) in [7, 11) is 0. The summed E-state index contributed by atoms with van der Waals surface area (Å²) in [5, 5.41) is 6.10. The fourth-order valence-electron chi connectivity index (χ4n) is 1.61. The van der Waals surface area contributed by atoms with Gasteiger partial charge in [0, 0.05) is 16.8 Å². The molecule has 21 heavy (non-hydrogen) atoms. The van der Waals surface area contributed by atoms with Crippen molar-refractivity contribution in [1.82, 2.24) is 15.1 Å². The number of aromatic nitrogens is 3. The third-order valence-corrected chi connectivity index (χ3v) is 4.02. The predicted molar refractivity (Wildman–Crippen MR) is 83.6 cm³/mol. The number of hydrogen-bond donors (Lipinski definition) is 0. The number of hydrogen-bond acceptors (Lipinski definition) is 5. The Morgan fingerprint density at radius 3 is 2.48 bits per heavy atom. The third-order valence-electron chi connectivity index (χ3n) is 2.61. The Morgan fingerprint density at radius 1 is 1.00 bits per heavy atom. The molecule has 106 valence electrons. The van der Waals surface area contributed by atoms with Crippen molar-refractivity contribution in [3.8, 4) is 11.5 Å². The lowest BCUT2D eigenvalue weighted by atomic mass is 10.2. The van der Waals surface area contributed by atoms with E-state index in [0.29, 0.717) is 27.5 Å². The van der Waals surface area contributed by atoms with Crippen LogP contribution in [0.25, 0.3) is 11.5 Å². The second kappa shape index (κ2) is 6.47. The van der Waals surface area contributed by atoms with Crippen molar-refractivity contribution in [2.75, 3.05) is 0 Å². The summed E-state index contributed by atoms with van der Waals surface area (Å²) in [5.41, 5.74) is 0.841. The monoisotopic (exact) mass is 337 g/mol. The Hall–Kier alpha value is -1.56. The van der Waals surface area contributed by atoms with Gasteiger partial charge in [0.05, 0.1) is 15.8 Å². The minimum absolute atomic E-state index is 0.478. The highest BCUT2D eigenvalue weighted by molar-refractivity contribution is 7.98. The zero-order valence-corrected chi connectivity index (χ0v) is 13.0. The second-order valence-electron chi connectivity index (χ2n) is 4.13. The summed E-state index contributed by atoms with van der Waals surface area (Å²) < 4.78 is 5.24. The summed E-state index contributed by atoms with van der Waals surface area (Å²) in [6, 6.07) is 10.9. The molecule has 0 bridgehead atoms. The Balaban J connectivity index is 1.67. The molecule has 1 aromatic carbocycles. The number of nitrogens with zero attached hydrogens (tertiary/aromatic N) is 3. The number of halogens is 2. The van der Waals surface area contributed by atoms with Crippen molar-refractivity contribution in [3.63, 3.8) is 0 Å². The van der Waals surface area contributed by atoms with E-state index in [1.807, 2.05) is 18.2 Å². The fraction of sp³-hybridized carbons (Fsp3) is 0.0714. The Labute approximate surface area is 135 Å². The van der Waals surface area contributed by atoms with Crippen LogP contribution in [-0.4, -0.2) is 15.1 Å². The molecule has 4 nitrogen and oxygen atoms in total. The summed E-state index contributed by atoms with van der Waals surface area (Å²) in [5.74, 6) is 1.67. The topological polar surface area (TPSA) is 51.8 Å². The van der Waals surface area contributed by atoms with Crippen molar-refractivity contribution >= 4 is 35.0 Å². The molecule has 2 aromatic heterocycles. The summed E-state index contributed by atoms with van der Waals surface area (Å²) in [6.45, 7) is 0. The quantitative estimate of drug-likeness (QED) is 0.644. The van der Waals surface area contributed by atoms with Gasteiger partial charge >= 0.3 is 0 Å². The minimum atomic E-state index is 0.478. The summed E-state index contributed by atoms with van der Waals surface area (Å²) >= 11 is 13.2. The van der Waals surface area contributed by atoms with Gasteiger partial charge < -0.3 is 4.52 Å². The van der Waals surface area contributed by atoms with Crippen LogP contribution in [0.1, 0.15) is 5.82 Å². The Morgan fingerprint density at radius 2 is 1.76 bits per heavy atom. The van der Waals surface area contributed by atoms with E-state index in [9.17, 15) is 0 Å². The summed E-state index contributed by atoms with van der Waals surface area (Å²) in [4.78, 5) is 8.55. The smallest absolute Gasteiger partial charge is 0.257 e. The van der Waals surface area contributed by atoms with Crippen molar-refractivity contribution in [3.05, 3.63) is 58.5 Å². The van der Waals surface area contributed by atoms with Gasteiger partial charge in [0.25, 0.3) is 5.89 Å². The molecule has 0 aliphatic heterocycles. The zero-order chi connectivity index (χ0) is 14.7. The molecule has 0 aliphatic carbocycles. The maximum atomic E-state index is 5.85. The highest BCUT2D eigenvalue weighted by Crippen LogP contribution is 2.23. The van der Waals surface area contributed by atoms with E-state index in [2.05, 4.69) is 15.1 Å². The number of benzene rings is 1. The van der Waals surface area contributed by atoms with Gasteiger partial charge in [-0.3, -0.25) is 0 Å². The van der Waals surface area contributed by atoms with Gasteiger partial charge in [0.1, 0.15) is 0 Å². The Kier molecular flexibility index (Phi) is 4.43. The zero-order valence-electron chi connectivity index (χ0n) is 10.7. The lowest BCUT2D eigenvalue weighted by Gasteiger charge is -1.96. The predicted octanol–water partition coefficient (Wildman–Crippen LogP) is 4.73. The maximum Gasteiger partial charge on any atom is 0.257 e. The van der Waals surface area contributed by atoms with Crippen LogP contribution >= 0.6 is 35.0 Å². The number of pyridine rings is 1. The van der Waals surface area contributed by atoms with Gasteiger partial charge in [-0.05, 0) is 36.4 Å². The van der Waals surface area contributed by atoms with E-state index in [4.69, 9.17) is 27.7 Å². The van der Waals surface area contributed by atoms with Gasteiger partial charge in [0.15, 0.2) is 5.82 Å². The van der Waals surface area contributed by atoms with Gasteiger partial charge in [0.2, 0.25) is 0 Å². The second-order valence-corrected chi connectivity index (χ2v) is 5.99. The lowest BCUT2D eigenvalue weighted by molar-refractivity contribution is 0.425. The van der Waals surface area contributed by atoms with Crippen LogP contribution in [-0.2, 0) is 5.75 Å². The molecular formula is C14H9Cl2N3OS. The van der Waals surface area contributed by atoms with Crippen LogP contribution in [0.5, 0.6) is 0 Å². The van der Waals surface area contributed by atoms with E-state index >= 15 is 0 Å². The molecule has 0 atom stereocenters. The minimum Gasteiger partial charge on any atom is -0.334 e. The fourth-order valence-corrected chi connectivity index (χ4v) is 2.53. The maximum absolute atomic E-state index is 5.85. The molecule has 0 fully saturated rings. The summed E-state index contributed by atoms with van der Waals surface area (Å²) in [6.07, 6.45) is 1.61. The average Bonchev–Trinajstić information content (AvgIpc) is 2.96.